The molecule has 0 N–H and O–H groups in total. The van der Waals surface area contributed by atoms with E-state index in [-0.39, 0.29) is 0 Å². The number of hydrogen-bond acceptors (Lipinski definition) is 3. The van der Waals surface area contributed by atoms with Crippen molar-refractivity contribution < 1.29 is 4.42 Å². The van der Waals surface area contributed by atoms with Crippen molar-refractivity contribution in [2.45, 2.75) is 0 Å². The Labute approximate surface area is 160 Å². The molecule has 3 aromatic carbocycles. The zero-order valence-corrected chi connectivity index (χ0v) is 14.9. The summed E-state index contributed by atoms with van der Waals surface area (Å²) in [5.41, 5.74) is 5.41. The molecule has 0 radical (unpaired) electrons. The highest BCUT2D eigenvalue weighted by molar-refractivity contribution is 6.09. The van der Waals surface area contributed by atoms with Gasteiger partial charge in [-0.15, -0.1) is 0 Å². The van der Waals surface area contributed by atoms with Crippen LogP contribution in [0.1, 0.15) is 0 Å². The first-order chi connectivity index (χ1) is 13.9. The van der Waals surface area contributed by atoms with Crippen LogP contribution in [-0.2, 0) is 0 Å². The molecule has 6 rings (SSSR count). The lowest BCUT2D eigenvalue weighted by atomic mass is 10.1. The van der Waals surface area contributed by atoms with Gasteiger partial charge in [0.25, 0.3) is 0 Å². The minimum Gasteiger partial charge on any atom is -0.455 e. The number of imidazole rings is 1. The molecule has 0 unspecified atom stereocenters. The van der Waals surface area contributed by atoms with Gasteiger partial charge in [0.1, 0.15) is 11.2 Å². The zero-order valence-electron chi connectivity index (χ0n) is 14.9. The van der Waals surface area contributed by atoms with Gasteiger partial charge in [0.15, 0.2) is 11.5 Å². The Morgan fingerprint density at radius 1 is 0.714 bits per heavy atom. The quantitative estimate of drug-likeness (QED) is 0.381. The number of fused-ring (bicyclic) bond motifs is 4. The molecule has 3 aromatic heterocycles. The van der Waals surface area contributed by atoms with Gasteiger partial charge in [-0.1, -0.05) is 48.5 Å². The predicted molar refractivity (Wildman–Crippen MR) is 112 cm³/mol. The molecule has 0 atom stereocenters. The van der Waals surface area contributed by atoms with Crippen LogP contribution in [-0.4, -0.2) is 14.5 Å². The standard InChI is InChI=1S/C24H15N3O/c1-2-8-16(9-3-1)27-20-13-7-15-25-23(20)26-24(27)19-12-6-11-18-17-10-4-5-14-21(17)28-22(18)19/h1-15H. The van der Waals surface area contributed by atoms with Gasteiger partial charge in [-0.2, -0.15) is 0 Å². The summed E-state index contributed by atoms with van der Waals surface area (Å²) >= 11 is 0. The fraction of sp³-hybridized carbons (Fsp3) is 0. The second-order valence-corrected chi connectivity index (χ2v) is 6.73. The highest BCUT2D eigenvalue weighted by Gasteiger charge is 2.19. The number of furan rings is 1. The van der Waals surface area contributed by atoms with Crippen molar-refractivity contribution in [1.29, 1.82) is 0 Å². The van der Waals surface area contributed by atoms with Crippen molar-refractivity contribution in [3.8, 4) is 17.1 Å². The van der Waals surface area contributed by atoms with Crippen LogP contribution in [0.2, 0.25) is 0 Å². The lowest BCUT2D eigenvalue weighted by Crippen LogP contribution is -1.97. The van der Waals surface area contributed by atoms with E-state index >= 15 is 0 Å². The third kappa shape index (κ3) is 2.12. The van der Waals surface area contributed by atoms with Crippen molar-refractivity contribution >= 4 is 33.1 Å². The molecule has 4 nitrogen and oxygen atoms in total. The molecule has 0 fully saturated rings. The van der Waals surface area contributed by atoms with Crippen LogP contribution in [0.15, 0.2) is 95.5 Å². The Morgan fingerprint density at radius 3 is 2.46 bits per heavy atom. The van der Waals surface area contributed by atoms with Crippen LogP contribution in [0.3, 0.4) is 0 Å². The summed E-state index contributed by atoms with van der Waals surface area (Å²) in [6.45, 7) is 0. The van der Waals surface area contributed by atoms with Crippen LogP contribution in [0.25, 0.3) is 50.2 Å². The molecule has 28 heavy (non-hydrogen) atoms. The molecule has 0 saturated carbocycles. The summed E-state index contributed by atoms with van der Waals surface area (Å²) in [7, 11) is 0. The second kappa shape index (κ2) is 5.79. The maximum atomic E-state index is 6.25. The van der Waals surface area contributed by atoms with E-state index in [2.05, 4.69) is 45.9 Å². The third-order valence-electron chi connectivity index (χ3n) is 5.09. The zero-order chi connectivity index (χ0) is 18.5. The molecular weight excluding hydrogens is 346 g/mol. The minimum atomic E-state index is 0.717. The Hall–Kier alpha value is -3.92. The molecule has 0 saturated heterocycles. The molecule has 6 aromatic rings. The van der Waals surface area contributed by atoms with Crippen LogP contribution >= 0.6 is 0 Å². The van der Waals surface area contributed by atoms with Gasteiger partial charge < -0.3 is 4.42 Å². The van der Waals surface area contributed by atoms with Crippen molar-refractivity contribution in [3.05, 3.63) is 91.1 Å². The topological polar surface area (TPSA) is 43.9 Å². The van der Waals surface area contributed by atoms with Crippen molar-refractivity contribution in [2.75, 3.05) is 0 Å². The molecule has 0 spiro atoms. The molecule has 0 aliphatic heterocycles. The smallest absolute Gasteiger partial charge is 0.178 e. The van der Waals surface area contributed by atoms with Crippen LogP contribution < -0.4 is 0 Å². The Morgan fingerprint density at radius 2 is 1.54 bits per heavy atom. The molecule has 4 heteroatoms. The highest BCUT2D eigenvalue weighted by atomic mass is 16.3. The predicted octanol–water partition coefficient (Wildman–Crippen LogP) is 5.99. The first-order valence-corrected chi connectivity index (χ1v) is 9.20. The number of nitrogens with zero attached hydrogens (tertiary/aromatic N) is 3. The summed E-state index contributed by atoms with van der Waals surface area (Å²) in [4.78, 5) is 9.35. The van der Waals surface area contributed by atoms with Gasteiger partial charge in [0.05, 0.1) is 11.1 Å². The van der Waals surface area contributed by atoms with E-state index in [0.717, 1.165) is 50.2 Å². The van der Waals surface area contributed by atoms with Gasteiger partial charge in [-0.3, -0.25) is 4.57 Å². The minimum absolute atomic E-state index is 0.717. The largest absolute Gasteiger partial charge is 0.455 e. The van der Waals surface area contributed by atoms with Gasteiger partial charge in [0, 0.05) is 22.7 Å². The first-order valence-electron chi connectivity index (χ1n) is 9.20. The van der Waals surface area contributed by atoms with Crippen molar-refractivity contribution in [2.24, 2.45) is 0 Å². The van der Waals surface area contributed by atoms with E-state index in [4.69, 9.17) is 9.40 Å². The van der Waals surface area contributed by atoms with Crippen molar-refractivity contribution in [1.82, 2.24) is 14.5 Å². The maximum Gasteiger partial charge on any atom is 0.178 e. The maximum absolute atomic E-state index is 6.25. The van der Waals surface area contributed by atoms with Gasteiger partial charge >= 0.3 is 0 Å². The van der Waals surface area contributed by atoms with Crippen LogP contribution in [0.4, 0.5) is 0 Å². The SMILES string of the molecule is c1ccc(-n2c(-c3cccc4c3oc3ccccc34)nc3ncccc32)cc1. The molecular formula is C24H15N3O. The van der Waals surface area contributed by atoms with E-state index in [9.17, 15) is 0 Å². The number of hydrogen-bond donors (Lipinski definition) is 0. The Kier molecular flexibility index (Phi) is 3.14. The van der Waals surface area contributed by atoms with E-state index in [1.54, 1.807) is 6.20 Å². The lowest BCUT2D eigenvalue weighted by Gasteiger charge is -2.09. The molecule has 0 aliphatic carbocycles. The fourth-order valence-electron chi connectivity index (χ4n) is 3.86. The monoisotopic (exact) mass is 361 g/mol. The van der Waals surface area contributed by atoms with Crippen molar-refractivity contribution in [3.63, 3.8) is 0 Å². The van der Waals surface area contributed by atoms with E-state index < -0.39 is 0 Å². The van der Waals surface area contributed by atoms with Crippen LogP contribution in [0.5, 0.6) is 0 Å². The second-order valence-electron chi connectivity index (χ2n) is 6.73. The third-order valence-corrected chi connectivity index (χ3v) is 5.09. The molecule has 0 aliphatic rings. The number of para-hydroxylation sites is 3. The van der Waals surface area contributed by atoms with Crippen LogP contribution in [0, 0.1) is 0 Å². The average Bonchev–Trinajstić information content (AvgIpc) is 3.33. The van der Waals surface area contributed by atoms with Gasteiger partial charge in [-0.05, 0) is 36.4 Å². The molecule has 0 amide bonds. The number of benzene rings is 3. The fourth-order valence-corrected chi connectivity index (χ4v) is 3.86. The normalized spacial score (nSPS) is 11.6. The van der Waals surface area contributed by atoms with E-state index in [1.165, 1.54) is 0 Å². The van der Waals surface area contributed by atoms with E-state index in [0.29, 0.717) is 0 Å². The van der Waals surface area contributed by atoms with Gasteiger partial charge in [0.2, 0.25) is 0 Å². The molecule has 0 bridgehead atoms. The Bertz CT molecular complexity index is 1460. The number of aromatic nitrogens is 3. The Balaban J connectivity index is 1.74. The summed E-state index contributed by atoms with van der Waals surface area (Å²) in [6.07, 6.45) is 1.77. The average molecular weight is 361 g/mol. The van der Waals surface area contributed by atoms with Gasteiger partial charge in [-0.25, -0.2) is 9.97 Å². The summed E-state index contributed by atoms with van der Waals surface area (Å²) < 4.78 is 8.39. The first kappa shape index (κ1) is 15.2. The summed E-state index contributed by atoms with van der Waals surface area (Å²) in [6, 6.07) is 28.6. The van der Waals surface area contributed by atoms with E-state index in [1.807, 2.05) is 48.5 Å². The number of rotatable bonds is 2. The highest BCUT2D eigenvalue weighted by Crippen LogP contribution is 2.37. The molecule has 132 valence electrons. The summed E-state index contributed by atoms with van der Waals surface area (Å²) in [5.74, 6) is 0.824. The molecule has 3 heterocycles. The summed E-state index contributed by atoms with van der Waals surface area (Å²) in [5, 5.41) is 2.20. The lowest BCUT2D eigenvalue weighted by molar-refractivity contribution is 0.669. The number of pyridine rings is 1.